The third kappa shape index (κ3) is 6.45. The standard InChI is InChI=1S/C22H21Cl2N3O4/c1-12(2)9-19(21(29)26-8-7-25)27-20(28)16-6-3-13(10-18(16)24)15-5-4-14(22(30)31)11-17(15)23/h3-6,10-12,19H,8-9H2,1-2H3,(H,26,29)(H,27,28)(H,30,31)/t19-/m0/s1. The zero-order chi connectivity index (χ0) is 23.1. The highest BCUT2D eigenvalue weighted by Gasteiger charge is 2.23. The Labute approximate surface area is 190 Å². The Morgan fingerprint density at radius 1 is 1.10 bits per heavy atom. The summed E-state index contributed by atoms with van der Waals surface area (Å²) in [5.74, 6) is -1.93. The molecule has 0 aliphatic rings. The second-order valence-electron chi connectivity index (χ2n) is 7.23. The van der Waals surface area contributed by atoms with Crippen molar-refractivity contribution in [2.24, 2.45) is 5.92 Å². The van der Waals surface area contributed by atoms with Gasteiger partial charge in [-0.15, -0.1) is 0 Å². The predicted molar refractivity (Wildman–Crippen MR) is 118 cm³/mol. The Morgan fingerprint density at radius 3 is 2.35 bits per heavy atom. The molecular weight excluding hydrogens is 441 g/mol. The number of nitrogens with zero attached hydrogens (tertiary/aromatic N) is 1. The molecule has 0 saturated heterocycles. The quantitative estimate of drug-likeness (QED) is 0.510. The van der Waals surface area contributed by atoms with Crippen molar-refractivity contribution in [3.63, 3.8) is 0 Å². The fourth-order valence-electron chi connectivity index (χ4n) is 2.94. The first-order valence-electron chi connectivity index (χ1n) is 9.42. The number of carbonyl (C=O) groups is 3. The van der Waals surface area contributed by atoms with Crippen LogP contribution in [0.5, 0.6) is 0 Å². The lowest BCUT2D eigenvalue weighted by molar-refractivity contribution is -0.123. The summed E-state index contributed by atoms with van der Waals surface area (Å²) in [5, 5.41) is 23.2. The normalized spacial score (nSPS) is 11.5. The number of amides is 2. The maximum absolute atomic E-state index is 12.7. The maximum Gasteiger partial charge on any atom is 0.335 e. The first kappa shape index (κ1) is 24.2. The van der Waals surface area contributed by atoms with Crippen molar-refractivity contribution in [3.8, 4) is 17.2 Å². The monoisotopic (exact) mass is 461 g/mol. The molecule has 0 radical (unpaired) electrons. The number of nitrogens with one attached hydrogen (secondary N) is 2. The van der Waals surface area contributed by atoms with E-state index in [1.807, 2.05) is 19.9 Å². The van der Waals surface area contributed by atoms with E-state index in [-0.39, 0.29) is 33.6 Å². The Morgan fingerprint density at radius 2 is 1.81 bits per heavy atom. The van der Waals surface area contributed by atoms with Crippen LogP contribution in [0.15, 0.2) is 36.4 Å². The molecule has 0 spiro atoms. The summed E-state index contributed by atoms with van der Waals surface area (Å²) < 4.78 is 0. The number of hydrogen-bond acceptors (Lipinski definition) is 4. The van der Waals surface area contributed by atoms with Crippen LogP contribution in [0.3, 0.4) is 0 Å². The van der Waals surface area contributed by atoms with Crippen LogP contribution in [0.1, 0.15) is 41.0 Å². The largest absolute Gasteiger partial charge is 0.478 e. The topological polar surface area (TPSA) is 119 Å². The van der Waals surface area contributed by atoms with Gasteiger partial charge < -0.3 is 15.7 Å². The van der Waals surface area contributed by atoms with Gasteiger partial charge in [0.15, 0.2) is 0 Å². The van der Waals surface area contributed by atoms with Crippen molar-refractivity contribution < 1.29 is 19.5 Å². The van der Waals surface area contributed by atoms with Gasteiger partial charge in [-0.1, -0.05) is 49.2 Å². The van der Waals surface area contributed by atoms with Crippen LogP contribution in [-0.2, 0) is 4.79 Å². The summed E-state index contributed by atoms with van der Waals surface area (Å²) in [6, 6.07) is 10.0. The summed E-state index contributed by atoms with van der Waals surface area (Å²) >= 11 is 12.5. The van der Waals surface area contributed by atoms with Gasteiger partial charge in [0.25, 0.3) is 5.91 Å². The second-order valence-corrected chi connectivity index (χ2v) is 8.04. The zero-order valence-corrected chi connectivity index (χ0v) is 18.4. The van der Waals surface area contributed by atoms with Crippen molar-refractivity contribution in [2.45, 2.75) is 26.3 Å². The molecule has 9 heteroatoms. The molecule has 7 nitrogen and oxygen atoms in total. The minimum atomic E-state index is -1.09. The number of benzene rings is 2. The number of nitriles is 1. The predicted octanol–water partition coefficient (Wildman–Crippen LogP) is 4.14. The summed E-state index contributed by atoms with van der Waals surface area (Å²) in [7, 11) is 0. The Kier molecular flexibility index (Phi) is 8.43. The molecule has 162 valence electrons. The van der Waals surface area contributed by atoms with E-state index in [9.17, 15) is 14.4 Å². The second kappa shape index (κ2) is 10.8. The van der Waals surface area contributed by atoms with E-state index in [2.05, 4.69) is 10.6 Å². The minimum Gasteiger partial charge on any atom is -0.478 e. The summed E-state index contributed by atoms with van der Waals surface area (Å²) in [6.07, 6.45) is 0.393. The number of rotatable bonds is 8. The van der Waals surface area contributed by atoms with Gasteiger partial charge in [0, 0.05) is 10.6 Å². The lowest BCUT2D eigenvalue weighted by Gasteiger charge is -2.20. The number of carbonyl (C=O) groups excluding carboxylic acids is 2. The van der Waals surface area contributed by atoms with Crippen LogP contribution in [0, 0.1) is 17.2 Å². The minimum absolute atomic E-state index is 0.0571. The van der Waals surface area contributed by atoms with Crippen molar-refractivity contribution in [3.05, 3.63) is 57.6 Å². The van der Waals surface area contributed by atoms with E-state index >= 15 is 0 Å². The molecular formula is C22H21Cl2N3O4. The molecule has 0 bridgehead atoms. The van der Waals surface area contributed by atoms with Gasteiger partial charge in [0.05, 0.1) is 22.2 Å². The van der Waals surface area contributed by atoms with Crippen molar-refractivity contribution in [2.75, 3.05) is 6.54 Å². The van der Waals surface area contributed by atoms with Crippen LogP contribution in [0.4, 0.5) is 0 Å². The van der Waals surface area contributed by atoms with Gasteiger partial charge in [0.2, 0.25) is 5.91 Å². The third-order valence-corrected chi connectivity index (χ3v) is 5.04. The first-order valence-corrected chi connectivity index (χ1v) is 10.2. The fraction of sp³-hybridized carbons (Fsp3) is 0.273. The average Bonchev–Trinajstić information content (AvgIpc) is 2.70. The average molecular weight is 462 g/mol. The highest BCUT2D eigenvalue weighted by Crippen LogP contribution is 2.32. The Bertz CT molecular complexity index is 1050. The highest BCUT2D eigenvalue weighted by atomic mass is 35.5. The van der Waals surface area contributed by atoms with Crippen LogP contribution in [0.2, 0.25) is 10.0 Å². The molecule has 2 aromatic rings. The van der Waals surface area contributed by atoms with Gasteiger partial charge >= 0.3 is 5.97 Å². The molecule has 0 fully saturated rings. The molecule has 0 aliphatic heterocycles. The molecule has 0 aliphatic carbocycles. The van der Waals surface area contributed by atoms with Crippen LogP contribution in [0.25, 0.3) is 11.1 Å². The molecule has 2 aromatic carbocycles. The van der Waals surface area contributed by atoms with E-state index in [0.717, 1.165) is 0 Å². The van der Waals surface area contributed by atoms with Crippen LogP contribution in [-0.4, -0.2) is 35.5 Å². The lowest BCUT2D eigenvalue weighted by Crippen LogP contribution is -2.47. The van der Waals surface area contributed by atoms with Gasteiger partial charge in [-0.05, 0) is 42.2 Å². The maximum atomic E-state index is 12.7. The van der Waals surface area contributed by atoms with Crippen molar-refractivity contribution in [1.82, 2.24) is 10.6 Å². The molecule has 1 atom stereocenters. The molecule has 2 amide bonds. The van der Waals surface area contributed by atoms with Crippen molar-refractivity contribution in [1.29, 1.82) is 5.26 Å². The van der Waals surface area contributed by atoms with E-state index in [1.54, 1.807) is 18.2 Å². The number of carboxylic acids is 1. The van der Waals surface area contributed by atoms with Gasteiger partial charge in [-0.2, -0.15) is 5.26 Å². The van der Waals surface area contributed by atoms with Gasteiger partial charge in [-0.25, -0.2) is 4.79 Å². The van der Waals surface area contributed by atoms with Crippen LogP contribution >= 0.6 is 23.2 Å². The van der Waals surface area contributed by atoms with E-state index in [1.165, 1.54) is 18.2 Å². The molecule has 0 heterocycles. The number of aromatic carboxylic acids is 1. The fourth-order valence-corrected chi connectivity index (χ4v) is 3.49. The van der Waals surface area contributed by atoms with Crippen molar-refractivity contribution >= 4 is 41.0 Å². The number of halogens is 2. The highest BCUT2D eigenvalue weighted by molar-refractivity contribution is 6.35. The molecule has 0 aromatic heterocycles. The summed E-state index contributed by atoms with van der Waals surface area (Å²) in [5.41, 5.74) is 1.40. The molecule has 0 unspecified atom stereocenters. The number of hydrogen-bond donors (Lipinski definition) is 3. The van der Waals surface area contributed by atoms with Crippen LogP contribution < -0.4 is 10.6 Å². The van der Waals surface area contributed by atoms with E-state index in [4.69, 9.17) is 33.6 Å². The third-order valence-electron chi connectivity index (χ3n) is 4.41. The van der Waals surface area contributed by atoms with E-state index in [0.29, 0.717) is 17.5 Å². The van der Waals surface area contributed by atoms with E-state index < -0.39 is 23.8 Å². The van der Waals surface area contributed by atoms with Gasteiger partial charge in [0.1, 0.15) is 12.6 Å². The lowest BCUT2D eigenvalue weighted by atomic mass is 10.0. The first-order chi connectivity index (χ1) is 14.6. The molecule has 3 N–H and O–H groups in total. The molecule has 31 heavy (non-hydrogen) atoms. The SMILES string of the molecule is CC(C)C[C@H](NC(=O)c1ccc(-c2ccc(C(=O)O)cc2Cl)cc1Cl)C(=O)NCC#N. The summed E-state index contributed by atoms with van der Waals surface area (Å²) in [4.78, 5) is 36.1. The smallest absolute Gasteiger partial charge is 0.335 e. The Hall–Kier alpha value is -3.08. The van der Waals surface area contributed by atoms with Gasteiger partial charge in [-0.3, -0.25) is 9.59 Å². The Balaban J connectivity index is 2.25. The zero-order valence-electron chi connectivity index (χ0n) is 16.9. The molecule has 2 rings (SSSR count). The molecule has 0 saturated carbocycles. The number of carboxylic acid groups (broad SMARTS) is 1. The summed E-state index contributed by atoms with van der Waals surface area (Å²) in [6.45, 7) is 3.68.